The van der Waals surface area contributed by atoms with Gasteiger partial charge < -0.3 is 9.84 Å². The Labute approximate surface area is 108 Å². The maximum absolute atomic E-state index is 12.0. The molecular weight excluding hydrogens is 265 g/mol. The SMILES string of the molecule is CSCCCC(O)c1cccc(OC(F)(F)F)c1. The van der Waals surface area contributed by atoms with E-state index in [1.165, 1.54) is 18.2 Å². The molecule has 0 aliphatic rings. The third-order valence-corrected chi connectivity index (χ3v) is 3.00. The molecule has 1 aromatic carbocycles. The van der Waals surface area contributed by atoms with Crippen LogP contribution in [0.25, 0.3) is 0 Å². The standard InChI is InChI=1S/C12H15F3O2S/c1-18-7-3-6-11(16)9-4-2-5-10(8-9)17-12(13,14)15/h2,4-5,8,11,16H,3,6-7H2,1H3. The van der Waals surface area contributed by atoms with Crippen molar-refractivity contribution < 1.29 is 23.0 Å². The first-order valence-electron chi connectivity index (χ1n) is 5.45. The maximum Gasteiger partial charge on any atom is 0.573 e. The molecule has 0 saturated heterocycles. The van der Waals surface area contributed by atoms with Crippen LogP contribution in [0.1, 0.15) is 24.5 Å². The monoisotopic (exact) mass is 280 g/mol. The number of rotatable bonds is 6. The fraction of sp³-hybridized carbons (Fsp3) is 0.500. The van der Waals surface area contributed by atoms with Crippen LogP contribution < -0.4 is 4.74 Å². The molecule has 102 valence electrons. The number of hydrogen-bond acceptors (Lipinski definition) is 3. The molecule has 0 spiro atoms. The molecule has 2 nitrogen and oxygen atoms in total. The van der Waals surface area contributed by atoms with Crippen LogP contribution in [0.4, 0.5) is 13.2 Å². The van der Waals surface area contributed by atoms with Gasteiger partial charge in [-0.1, -0.05) is 12.1 Å². The van der Waals surface area contributed by atoms with Gasteiger partial charge in [-0.3, -0.25) is 0 Å². The molecule has 1 N–H and O–H groups in total. The molecule has 0 saturated carbocycles. The van der Waals surface area contributed by atoms with E-state index in [9.17, 15) is 18.3 Å². The summed E-state index contributed by atoms with van der Waals surface area (Å²) in [6.45, 7) is 0. The van der Waals surface area contributed by atoms with Crippen LogP contribution in [0, 0.1) is 0 Å². The average molecular weight is 280 g/mol. The minimum absolute atomic E-state index is 0.302. The highest BCUT2D eigenvalue weighted by Crippen LogP contribution is 2.27. The third-order valence-electron chi connectivity index (χ3n) is 2.30. The Balaban J connectivity index is 2.63. The van der Waals surface area contributed by atoms with E-state index in [0.29, 0.717) is 12.0 Å². The lowest BCUT2D eigenvalue weighted by Crippen LogP contribution is -2.17. The van der Waals surface area contributed by atoms with Crippen molar-refractivity contribution in [2.75, 3.05) is 12.0 Å². The molecule has 0 aromatic heterocycles. The van der Waals surface area contributed by atoms with E-state index >= 15 is 0 Å². The van der Waals surface area contributed by atoms with Crippen molar-refractivity contribution in [2.45, 2.75) is 25.3 Å². The van der Waals surface area contributed by atoms with Crippen LogP contribution in [-0.2, 0) is 0 Å². The average Bonchev–Trinajstić information content (AvgIpc) is 2.27. The lowest BCUT2D eigenvalue weighted by Gasteiger charge is -2.13. The van der Waals surface area contributed by atoms with Gasteiger partial charge in [0.25, 0.3) is 0 Å². The van der Waals surface area contributed by atoms with Crippen molar-refractivity contribution >= 4 is 11.8 Å². The molecule has 1 aromatic rings. The summed E-state index contributed by atoms with van der Waals surface area (Å²) in [4.78, 5) is 0. The minimum Gasteiger partial charge on any atom is -0.406 e. The van der Waals surface area contributed by atoms with Crippen molar-refractivity contribution in [2.24, 2.45) is 0 Å². The Morgan fingerprint density at radius 1 is 1.39 bits per heavy atom. The number of halogens is 3. The summed E-state index contributed by atoms with van der Waals surface area (Å²) in [6.07, 6.45) is -2.16. The number of aliphatic hydroxyl groups is 1. The number of ether oxygens (including phenoxy) is 1. The van der Waals surface area contributed by atoms with Gasteiger partial charge in [-0.15, -0.1) is 13.2 Å². The molecule has 6 heteroatoms. The topological polar surface area (TPSA) is 29.5 Å². The number of benzene rings is 1. The smallest absolute Gasteiger partial charge is 0.406 e. The molecule has 0 fully saturated rings. The maximum atomic E-state index is 12.0. The fourth-order valence-electron chi connectivity index (χ4n) is 1.51. The van der Waals surface area contributed by atoms with Gasteiger partial charge in [-0.05, 0) is 42.5 Å². The Morgan fingerprint density at radius 3 is 2.72 bits per heavy atom. The fourth-order valence-corrected chi connectivity index (χ4v) is 1.96. The van der Waals surface area contributed by atoms with Crippen molar-refractivity contribution in [3.8, 4) is 5.75 Å². The van der Waals surface area contributed by atoms with E-state index < -0.39 is 12.5 Å². The first kappa shape index (κ1) is 15.2. The predicted molar refractivity (Wildman–Crippen MR) is 65.7 cm³/mol. The van der Waals surface area contributed by atoms with E-state index in [-0.39, 0.29) is 5.75 Å². The quantitative estimate of drug-likeness (QED) is 0.804. The van der Waals surface area contributed by atoms with E-state index in [4.69, 9.17) is 0 Å². The van der Waals surface area contributed by atoms with Gasteiger partial charge in [-0.2, -0.15) is 11.8 Å². The summed E-state index contributed by atoms with van der Waals surface area (Å²) in [5.74, 6) is 0.611. The zero-order valence-corrected chi connectivity index (χ0v) is 10.7. The second-order valence-corrected chi connectivity index (χ2v) is 4.76. The van der Waals surface area contributed by atoms with Crippen LogP contribution >= 0.6 is 11.8 Å². The molecular formula is C12H15F3O2S. The molecule has 1 atom stereocenters. The molecule has 0 heterocycles. The number of hydrogen-bond donors (Lipinski definition) is 1. The van der Waals surface area contributed by atoms with Crippen molar-refractivity contribution in [3.63, 3.8) is 0 Å². The van der Waals surface area contributed by atoms with Gasteiger partial charge >= 0.3 is 6.36 Å². The van der Waals surface area contributed by atoms with Crippen LogP contribution in [-0.4, -0.2) is 23.5 Å². The zero-order chi connectivity index (χ0) is 13.6. The summed E-state index contributed by atoms with van der Waals surface area (Å²) in [5, 5.41) is 9.82. The lowest BCUT2D eigenvalue weighted by molar-refractivity contribution is -0.274. The number of aliphatic hydroxyl groups excluding tert-OH is 1. The Hall–Kier alpha value is -0.880. The lowest BCUT2D eigenvalue weighted by atomic mass is 10.1. The molecule has 0 aliphatic carbocycles. The van der Waals surface area contributed by atoms with Crippen molar-refractivity contribution in [1.29, 1.82) is 0 Å². The number of alkyl halides is 3. The van der Waals surface area contributed by atoms with Crippen molar-refractivity contribution in [1.82, 2.24) is 0 Å². The van der Waals surface area contributed by atoms with Gasteiger partial charge in [0.2, 0.25) is 0 Å². The third kappa shape index (κ3) is 5.64. The van der Waals surface area contributed by atoms with Crippen LogP contribution in [0.3, 0.4) is 0 Å². The number of thioether (sulfide) groups is 1. The molecule has 0 bridgehead atoms. The van der Waals surface area contributed by atoms with Gasteiger partial charge in [0.05, 0.1) is 6.10 Å². The Kier molecular flexibility index (Phi) is 5.81. The summed E-state index contributed by atoms with van der Waals surface area (Å²) in [5.41, 5.74) is 0.442. The predicted octanol–water partition coefficient (Wildman–Crippen LogP) is 3.76. The minimum atomic E-state index is -4.71. The van der Waals surface area contributed by atoms with Gasteiger partial charge in [0, 0.05) is 0 Å². The molecule has 0 amide bonds. The van der Waals surface area contributed by atoms with Gasteiger partial charge in [0.15, 0.2) is 0 Å². The van der Waals surface area contributed by atoms with Crippen molar-refractivity contribution in [3.05, 3.63) is 29.8 Å². The molecule has 1 unspecified atom stereocenters. The Bertz CT molecular complexity index is 369. The first-order chi connectivity index (χ1) is 8.42. The van der Waals surface area contributed by atoms with Gasteiger partial charge in [-0.25, -0.2) is 0 Å². The summed E-state index contributed by atoms with van der Waals surface area (Å²) in [6, 6.07) is 5.46. The second kappa shape index (κ2) is 6.89. The van der Waals surface area contributed by atoms with Crippen LogP contribution in [0.5, 0.6) is 5.75 Å². The molecule has 0 aliphatic heterocycles. The highest BCUT2D eigenvalue weighted by atomic mass is 32.2. The summed E-state index contributed by atoms with van der Waals surface area (Å²) in [7, 11) is 0. The van der Waals surface area contributed by atoms with E-state index in [1.807, 2.05) is 6.26 Å². The van der Waals surface area contributed by atoms with Crippen LogP contribution in [0.15, 0.2) is 24.3 Å². The normalized spacial score (nSPS) is 13.4. The van der Waals surface area contributed by atoms with Gasteiger partial charge in [0.1, 0.15) is 5.75 Å². The van der Waals surface area contributed by atoms with E-state index in [0.717, 1.165) is 12.2 Å². The molecule has 0 radical (unpaired) electrons. The first-order valence-corrected chi connectivity index (χ1v) is 6.84. The van der Waals surface area contributed by atoms with Crippen LogP contribution in [0.2, 0.25) is 0 Å². The largest absolute Gasteiger partial charge is 0.573 e. The molecule has 1 rings (SSSR count). The highest BCUT2D eigenvalue weighted by molar-refractivity contribution is 7.98. The Morgan fingerprint density at radius 2 is 2.11 bits per heavy atom. The summed E-state index contributed by atoms with van der Waals surface area (Å²) >= 11 is 1.67. The second-order valence-electron chi connectivity index (χ2n) is 3.77. The van der Waals surface area contributed by atoms with E-state index in [2.05, 4.69) is 4.74 Å². The molecule has 18 heavy (non-hydrogen) atoms. The van der Waals surface area contributed by atoms with E-state index in [1.54, 1.807) is 17.8 Å². The summed E-state index contributed by atoms with van der Waals surface area (Å²) < 4.78 is 39.9. The highest BCUT2D eigenvalue weighted by Gasteiger charge is 2.31. The zero-order valence-electron chi connectivity index (χ0n) is 9.91.